The van der Waals surface area contributed by atoms with Gasteiger partial charge in [0, 0.05) is 23.2 Å². The summed E-state index contributed by atoms with van der Waals surface area (Å²) in [7, 11) is 0. The van der Waals surface area contributed by atoms with Gasteiger partial charge in [-0.05, 0) is 24.1 Å². The van der Waals surface area contributed by atoms with E-state index in [-0.39, 0.29) is 0 Å². The molecule has 2 N–H and O–H groups in total. The average molecular weight is 217 g/mol. The quantitative estimate of drug-likeness (QED) is 0.732. The Kier molecular flexibility index (Phi) is 2.33. The first kappa shape index (κ1) is 9.73. The summed E-state index contributed by atoms with van der Waals surface area (Å²) in [6, 6.07) is 4.05. The molecule has 0 spiro atoms. The Morgan fingerprint density at radius 3 is 2.88 bits per heavy atom. The Hall–Kier alpha value is -1.48. The molecule has 0 saturated heterocycles. The fourth-order valence-electron chi connectivity index (χ4n) is 2.35. The SMILES string of the molecule is Nc1ccc(C2=CCOCC2)c2c1CCO2. The van der Waals surface area contributed by atoms with Gasteiger partial charge in [-0.25, -0.2) is 0 Å². The van der Waals surface area contributed by atoms with Gasteiger partial charge in [-0.2, -0.15) is 0 Å². The largest absolute Gasteiger partial charge is 0.492 e. The van der Waals surface area contributed by atoms with Gasteiger partial charge in [-0.15, -0.1) is 0 Å². The maximum absolute atomic E-state index is 5.95. The van der Waals surface area contributed by atoms with Gasteiger partial charge in [0.25, 0.3) is 0 Å². The maximum atomic E-state index is 5.95. The van der Waals surface area contributed by atoms with Crippen LogP contribution >= 0.6 is 0 Å². The van der Waals surface area contributed by atoms with E-state index in [4.69, 9.17) is 15.2 Å². The van der Waals surface area contributed by atoms with E-state index < -0.39 is 0 Å². The normalized spacial score (nSPS) is 18.9. The fraction of sp³-hybridized carbons (Fsp3) is 0.385. The Bertz CT molecular complexity index is 451. The number of rotatable bonds is 1. The minimum atomic E-state index is 0.703. The highest BCUT2D eigenvalue weighted by atomic mass is 16.5. The van der Waals surface area contributed by atoms with E-state index in [0.717, 1.165) is 37.5 Å². The Balaban J connectivity index is 2.08. The summed E-state index contributed by atoms with van der Waals surface area (Å²) in [6.45, 7) is 2.25. The third-order valence-corrected chi connectivity index (χ3v) is 3.20. The van der Waals surface area contributed by atoms with Crippen LogP contribution in [0.4, 0.5) is 5.69 Å². The molecule has 0 bridgehead atoms. The third-order valence-electron chi connectivity index (χ3n) is 3.20. The van der Waals surface area contributed by atoms with Crippen molar-refractivity contribution in [2.75, 3.05) is 25.6 Å². The van der Waals surface area contributed by atoms with Crippen LogP contribution in [0.5, 0.6) is 5.75 Å². The van der Waals surface area contributed by atoms with E-state index >= 15 is 0 Å². The second-order valence-electron chi connectivity index (χ2n) is 4.16. The van der Waals surface area contributed by atoms with Crippen LogP contribution in [-0.4, -0.2) is 19.8 Å². The van der Waals surface area contributed by atoms with Crippen LogP contribution in [0.25, 0.3) is 5.57 Å². The van der Waals surface area contributed by atoms with Gasteiger partial charge in [0.2, 0.25) is 0 Å². The molecule has 0 amide bonds. The molecule has 0 unspecified atom stereocenters. The van der Waals surface area contributed by atoms with E-state index in [1.165, 1.54) is 16.7 Å². The van der Waals surface area contributed by atoms with E-state index in [1.807, 2.05) is 6.07 Å². The summed E-state index contributed by atoms with van der Waals surface area (Å²) in [4.78, 5) is 0. The standard InChI is InChI=1S/C13H15NO2/c14-12-2-1-10(9-3-6-15-7-4-9)13-11(12)5-8-16-13/h1-3H,4-8,14H2. The maximum Gasteiger partial charge on any atom is 0.132 e. The lowest BCUT2D eigenvalue weighted by atomic mass is 9.97. The number of fused-ring (bicyclic) bond motifs is 1. The zero-order valence-corrected chi connectivity index (χ0v) is 9.16. The van der Waals surface area contributed by atoms with Gasteiger partial charge >= 0.3 is 0 Å². The molecule has 2 aliphatic heterocycles. The van der Waals surface area contributed by atoms with E-state index in [2.05, 4.69) is 12.1 Å². The van der Waals surface area contributed by atoms with Crippen molar-refractivity contribution in [3.8, 4) is 5.75 Å². The van der Waals surface area contributed by atoms with E-state index in [1.54, 1.807) is 0 Å². The fourth-order valence-corrected chi connectivity index (χ4v) is 2.35. The van der Waals surface area contributed by atoms with Crippen LogP contribution in [-0.2, 0) is 11.2 Å². The summed E-state index contributed by atoms with van der Waals surface area (Å²) < 4.78 is 11.0. The summed E-state index contributed by atoms with van der Waals surface area (Å²) >= 11 is 0. The molecular formula is C13H15NO2. The lowest BCUT2D eigenvalue weighted by Gasteiger charge is -2.16. The van der Waals surface area contributed by atoms with Gasteiger partial charge in [-0.3, -0.25) is 0 Å². The predicted octanol–water partition coefficient (Wildman–Crippen LogP) is 2.01. The minimum Gasteiger partial charge on any atom is -0.492 e. The molecule has 0 atom stereocenters. The molecule has 1 aromatic carbocycles. The lowest BCUT2D eigenvalue weighted by molar-refractivity contribution is 0.161. The van der Waals surface area contributed by atoms with Gasteiger partial charge < -0.3 is 15.2 Å². The van der Waals surface area contributed by atoms with Crippen LogP contribution in [0.3, 0.4) is 0 Å². The molecule has 0 aliphatic carbocycles. The molecule has 3 heteroatoms. The van der Waals surface area contributed by atoms with Crippen LogP contribution in [0.2, 0.25) is 0 Å². The molecule has 2 heterocycles. The van der Waals surface area contributed by atoms with Crippen LogP contribution in [0.15, 0.2) is 18.2 Å². The number of anilines is 1. The highest BCUT2D eigenvalue weighted by Gasteiger charge is 2.21. The molecule has 84 valence electrons. The van der Waals surface area contributed by atoms with Crippen molar-refractivity contribution in [1.29, 1.82) is 0 Å². The molecular weight excluding hydrogens is 202 g/mol. The van der Waals surface area contributed by atoms with Crippen molar-refractivity contribution >= 4 is 11.3 Å². The number of nitrogens with two attached hydrogens (primary N) is 1. The zero-order valence-electron chi connectivity index (χ0n) is 9.16. The average Bonchev–Trinajstić information content (AvgIpc) is 2.81. The molecule has 3 rings (SSSR count). The zero-order chi connectivity index (χ0) is 11.0. The van der Waals surface area contributed by atoms with Crippen molar-refractivity contribution < 1.29 is 9.47 Å². The molecule has 3 nitrogen and oxygen atoms in total. The molecule has 2 aliphatic rings. The Morgan fingerprint density at radius 2 is 2.06 bits per heavy atom. The number of ether oxygens (including phenoxy) is 2. The van der Waals surface area contributed by atoms with E-state index in [9.17, 15) is 0 Å². The summed E-state index contributed by atoms with van der Waals surface area (Å²) in [6.07, 6.45) is 4.02. The third kappa shape index (κ3) is 1.48. The summed E-state index contributed by atoms with van der Waals surface area (Å²) in [5.41, 5.74) is 10.5. The molecule has 16 heavy (non-hydrogen) atoms. The van der Waals surface area contributed by atoms with Crippen molar-refractivity contribution in [3.05, 3.63) is 29.3 Å². The Labute approximate surface area is 94.9 Å². The molecule has 0 aromatic heterocycles. The highest BCUT2D eigenvalue weighted by Crippen LogP contribution is 2.38. The molecule has 0 radical (unpaired) electrons. The molecule has 1 aromatic rings. The topological polar surface area (TPSA) is 44.5 Å². The summed E-state index contributed by atoms with van der Waals surface area (Å²) in [5, 5.41) is 0. The molecule has 0 fully saturated rings. The first-order chi connectivity index (χ1) is 7.86. The second kappa shape index (κ2) is 3.83. The second-order valence-corrected chi connectivity index (χ2v) is 4.16. The van der Waals surface area contributed by atoms with Crippen molar-refractivity contribution in [1.82, 2.24) is 0 Å². The first-order valence-corrected chi connectivity index (χ1v) is 5.67. The molecule has 0 saturated carbocycles. The Morgan fingerprint density at radius 1 is 1.12 bits per heavy atom. The number of benzene rings is 1. The van der Waals surface area contributed by atoms with Gasteiger partial charge in [0.05, 0.1) is 19.8 Å². The van der Waals surface area contributed by atoms with Crippen molar-refractivity contribution in [3.63, 3.8) is 0 Å². The monoisotopic (exact) mass is 217 g/mol. The predicted molar refractivity (Wildman–Crippen MR) is 63.5 cm³/mol. The van der Waals surface area contributed by atoms with Crippen LogP contribution < -0.4 is 10.5 Å². The van der Waals surface area contributed by atoms with Gasteiger partial charge in [0.15, 0.2) is 0 Å². The smallest absolute Gasteiger partial charge is 0.132 e. The van der Waals surface area contributed by atoms with Gasteiger partial charge in [0.1, 0.15) is 5.75 Å². The van der Waals surface area contributed by atoms with Crippen LogP contribution in [0, 0.1) is 0 Å². The van der Waals surface area contributed by atoms with E-state index in [0.29, 0.717) is 6.61 Å². The van der Waals surface area contributed by atoms with Gasteiger partial charge in [-0.1, -0.05) is 6.08 Å². The number of hydrogen-bond donors (Lipinski definition) is 1. The van der Waals surface area contributed by atoms with Crippen LogP contribution in [0.1, 0.15) is 17.5 Å². The van der Waals surface area contributed by atoms with Crippen molar-refractivity contribution in [2.24, 2.45) is 0 Å². The highest BCUT2D eigenvalue weighted by molar-refractivity contribution is 5.76. The number of hydrogen-bond acceptors (Lipinski definition) is 3. The summed E-state index contributed by atoms with van der Waals surface area (Å²) in [5.74, 6) is 0.994. The number of nitrogen functional groups attached to an aromatic ring is 1. The van der Waals surface area contributed by atoms with Crippen molar-refractivity contribution in [2.45, 2.75) is 12.8 Å². The first-order valence-electron chi connectivity index (χ1n) is 5.67. The minimum absolute atomic E-state index is 0.703. The lowest BCUT2D eigenvalue weighted by Crippen LogP contribution is -2.05.